The zero-order valence-electron chi connectivity index (χ0n) is 12.2. The molecule has 2 aromatic carbocycles. The molecule has 0 saturated heterocycles. The van der Waals surface area contributed by atoms with Gasteiger partial charge < -0.3 is 0 Å². The molecule has 0 radical (unpaired) electrons. The van der Waals surface area contributed by atoms with E-state index in [1.54, 1.807) is 0 Å². The van der Waals surface area contributed by atoms with Crippen LogP contribution in [0.3, 0.4) is 0 Å². The van der Waals surface area contributed by atoms with Gasteiger partial charge in [0.25, 0.3) is 0 Å². The molecule has 0 aliphatic carbocycles. The normalized spacial score (nSPS) is 14.1. The summed E-state index contributed by atoms with van der Waals surface area (Å²) in [5, 5.41) is 0.654. The van der Waals surface area contributed by atoms with Gasteiger partial charge in [0.05, 0.1) is 5.38 Å². The lowest BCUT2D eigenvalue weighted by molar-refractivity contribution is 0.733. The molecular formula is C18H20Cl2. The first-order chi connectivity index (χ1) is 9.52. The van der Waals surface area contributed by atoms with E-state index in [2.05, 4.69) is 44.2 Å². The van der Waals surface area contributed by atoms with E-state index in [-0.39, 0.29) is 5.38 Å². The van der Waals surface area contributed by atoms with Gasteiger partial charge in [-0.3, -0.25) is 0 Å². The van der Waals surface area contributed by atoms with Crippen LogP contribution >= 0.6 is 23.2 Å². The van der Waals surface area contributed by atoms with E-state index in [0.717, 1.165) is 28.1 Å². The Morgan fingerprint density at radius 1 is 0.950 bits per heavy atom. The predicted octanol–water partition coefficient (Wildman–Crippen LogP) is 6.49. The average molecular weight is 307 g/mol. The SMILES string of the molecule is CCC(C)c1ccc(C(Cl)c2ccc(Cl)c(C)c2)cc1. The van der Waals surface area contributed by atoms with E-state index in [9.17, 15) is 0 Å². The topological polar surface area (TPSA) is 0 Å². The third kappa shape index (κ3) is 3.37. The van der Waals surface area contributed by atoms with Crippen LogP contribution in [0.25, 0.3) is 0 Å². The van der Waals surface area contributed by atoms with Crippen LogP contribution in [0, 0.1) is 6.92 Å². The summed E-state index contributed by atoms with van der Waals surface area (Å²) in [7, 11) is 0. The molecule has 0 heterocycles. The molecule has 0 aliphatic heterocycles. The molecule has 0 aliphatic rings. The highest BCUT2D eigenvalue weighted by atomic mass is 35.5. The summed E-state index contributed by atoms with van der Waals surface area (Å²) in [6, 6.07) is 14.6. The number of halogens is 2. The van der Waals surface area contributed by atoms with Crippen LogP contribution in [0.5, 0.6) is 0 Å². The molecule has 0 amide bonds. The van der Waals surface area contributed by atoms with Crippen LogP contribution in [-0.2, 0) is 0 Å². The number of rotatable bonds is 4. The number of hydrogen-bond donors (Lipinski definition) is 0. The van der Waals surface area contributed by atoms with E-state index in [1.807, 2.05) is 19.1 Å². The van der Waals surface area contributed by atoms with Crippen molar-refractivity contribution in [3.8, 4) is 0 Å². The smallest absolute Gasteiger partial charge is 0.0835 e. The summed E-state index contributed by atoms with van der Waals surface area (Å²) in [5.41, 5.74) is 4.64. The van der Waals surface area contributed by atoms with Crippen LogP contribution in [0.15, 0.2) is 42.5 Å². The van der Waals surface area contributed by atoms with Gasteiger partial charge in [0.2, 0.25) is 0 Å². The molecule has 2 atom stereocenters. The maximum Gasteiger partial charge on any atom is 0.0835 e. The van der Waals surface area contributed by atoms with Crippen molar-refractivity contribution in [3.05, 3.63) is 69.7 Å². The minimum atomic E-state index is -0.128. The Morgan fingerprint density at radius 3 is 2.05 bits per heavy atom. The number of alkyl halides is 1. The Kier molecular flexibility index (Phi) is 5.12. The van der Waals surface area contributed by atoms with Crippen molar-refractivity contribution in [1.82, 2.24) is 0 Å². The molecular weight excluding hydrogens is 287 g/mol. The Bertz CT molecular complexity index is 572. The molecule has 0 aromatic heterocycles. The Hall–Kier alpha value is -0.980. The standard InChI is InChI=1S/C18H20Cl2/c1-4-12(2)14-5-7-15(8-6-14)18(20)16-9-10-17(19)13(3)11-16/h5-12,18H,4H2,1-3H3. The van der Waals surface area contributed by atoms with E-state index in [0.29, 0.717) is 5.92 Å². The van der Waals surface area contributed by atoms with Crippen molar-refractivity contribution < 1.29 is 0 Å². The number of hydrogen-bond acceptors (Lipinski definition) is 0. The quantitative estimate of drug-likeness (QED) is 0.566. The molecule has 0 N–H and O–H groups in total. The van der Waals surface area contributed by atoms with Gasteiger partial charge in [-0.05, 0) is 47.6 Å². The van der Waals surface area contributed by atoms with Crippen LogP contribution in [0.1, 0.15) is 53.8 Å². The van der Waals surface area contributed by atoms with Crippen molar-refractivity contribution in [1.29, 1.82) is 0 Å². The van der Waals surface area contributed by atoms with Crippen LogP contribution in [-0.4, -0.2) is 0 Å². The average Bonchev–Trinajstić information content (AvgIpc) is 2.48. The summed E-state index contributed by atoms with van der Waals surface area (Å²) in [6.07, 6.45) is 1.15. The van der Waals surface area contributed by atoms with Crippen molar-refractivity contribution >= 4 is 23.2 Å². The first kappa shape index (κ1) is 15.4. The zero-order valence-corrected chi connectivity index (χ0v) is 13.7. The first-order valence-electron chi connectivity index (χ1n) is 7.03. The van der Waals surface area contributed by atoms with Gasteiger partial charge in [-0.1, -0.05) is 61.8 Å². The lowest BCUT2D eigenvalue weighted by atomic mass is 9.95. The maximum atomic E-state index is 6.58. The number of aryl methyl sites for hydroxylation is 1. The first-order valence-corrected chi connectivity index (χ1v) is 7.84. The van der Waals surface area contributed by atoms with Gasteiger partial charge in [0, 0.05) is 5.02 Å². The second-order valence-corrected chi connectivity index (χ2v) is 6.19. The van der Waals surface area contributed by atoms with E-state index < -0.39 is 0 Å². The summed E-state index contributed by atoms with van der Waals surface area (Å²) in [4.78, 5) is 0. The third-order valence-electron chi connectivity index (χ3n) is 3.89. The fourth-order valence-corrected chi connectivity index (χ4v) is 2.65. The monoisotopic (exact) mass is 306 g/mol. The number of benzene rings is 2. The minimum Gasteiger partial charge on any atom is -0.113 e. The maximum absolute atomic E-state index is 6.58. The second-order valence-electron chi connectivity index (χ2n) is 5.35. The predicted molar refractivity (Wildman–Crippen MR) is 89.0 cm³/mol. The highest BCUT2D eigenvalue weighted by molar-refractivity contribution is 6.31. The molecule has 0 spiro atoms. The molecule has 0 fully saturated rings. The highest BCUT2D eigenvalue weighted by Gasteiger charge is 2.12. The highest BCUT2D eigenvalue weighted by Crippen LogP contribution is 2.32. The van der Waals surface area contributed by atoms with Crippen molar-refractivity contribution in [2.45, 2.75) is 38.5 Å². The van der Waals surface area contributed by atoms with Crippen LogP contribution < -0.4 is 0 Å². The van der Waals surface area contributed by atoms with Gasteiger partial charge >= 0.3 is 0 Å². The van der Waals surface area contributed by atoms with Gasteiger partial charge in [0.15, 0.2) is 0 Å². The molecule has 20 heavy (non-hydrogen) atoms. The van der Waals surface area contributed by atoms with E-state index >= 15 is 0 Å². The fraction of sp³-hybridized carbons (Fsp3) is 0.333. The minimum absolute atomic E-state index is 0.128. The molecule has 0 nitrogen and oxygen atoms in total. The molecule has 2 unspecified atom stereocenters. The lowest BCUT2D eigenvalue weighted by Crippen LogP contribution is -1.96. The van der Waals surface area contributed by atoms with Crippen molar-refractivity contribution in [2.75, 3.05) is 0 Å². The summed E-state index contributed by atoms with van der Waals surface area (Å²) >= 11 is 12.6. The lowest BCUT2D eigenvalue weighted by Gasteiger charge is -2.14. The van der Waals surface area contributed by atoms with Gasteiger partial charge in [-0.25, -0.2) is 0 Å². The van der Waals surface area contributed by atoms with Crippen LogP contribution in [0.2, 0.25) is 5.02 Å². The van der Waals surface area contributed by atoms with E-state index in [1.165, 1.54) is 5.56 Å². The second kappa shape index (κ2) is 6.65. The van der Waals surface area contributed by atoms with Gasteiger partial charge in [-0.15, -0.1) is 11.6 Å². The molecule has 0 bridgehead atoms. The largest absolute Gasteiger partial charge is 0.113 e. The summed E-state index contributed by atoms with van der Waals surface area (Å²) < 4.78 is 0. The Labute approximate surface area is 131 Å². The summed E-state index contributed by atoms with van der Waals surface area (Å²) in [5.74, 6) is 0.593. The molecule has 2 rings (SSSR count). The molecule has 2 heteroatoms. The molecule has 106 valence electrons. The molecule has 0 saturated carbocycles. The van der Waals surface area contributed by atoms with E-state index in [4.69, 9.17) is 23.2 Å². The van der Waals surface area contributed by atoms with Crippen molar-refractivity contribution in [2.24, 2.45) is 0 Å². The fourth-order valence-electron chi connectivity index (χ4n) is 2.25. The Balaban J connectivity index is 2.24. The molecule has 2 aromatic rings. The third-order valence-corrected chi connectivity index (χ3v) is 4.81. The van der Waals surface area contributed by atoms with Gasteiger partial charge in [-0.2, -0.15) is 0 Å². The Morgan fingerprint density at radius 2 is 1.50 bits per heavy atom. The van der Waals surface area contributed by atoms with Crippen molar-refractivity contribution in [3.63, 3.8) is 0 Å². The van der Waals surface area contributed by atoms with Gasteiger partial charge in [0.1, 0.15) is 0 Å². The van der Waals surface area contributed by atoms with Crippen LogP contribution in [0.4, 0.5) is 0 Å². The zero-order chi connectivity index (χ0) is 14.7. The summed E-state index contributed by atoms with van der Waals surface area (Å²) in [6.45, 7) is 6.45.